The lowest BCUT2D eigenvalue weighted by molar-refractivity contribution is 0.580. The van der Waals surface area contributed by atoms with Gasteiger partial charge in [0.15, 0.2) is 0 Å². The Morgan fingerprint density at radius 2 is 2.05 bits per heavy atom. The normalized spacial score (nSPS) is 12.4. The van der Waals surface area contributed by atoms with Crippen molar-refractivity contribution in [1.29, 1.82) is 0 Å². The lowest BCUT2D eigenvalue weighted by atomic mass is 9.97. The molecule has 2 aromatic carbocycles. The van der Waals surface area contributed by atoms with E-state index < -0.39 is 0 Å². The van der Waals surface area contributed by atoms with Crippen molar-refractivity contribution in [3.63, 3.8) is 0 Å². The second-order valence-electron chi connectivity index (χ2n) is 4.77. The summed E-state index contributed by atoms with van der Waals surface area (Å²) in [5, 5.41) is 4.03. The van der Waals surface area contributed by atoms with Gasteiger partial charge in [-0.25, -0.2) is 4.39 Å². The first-order chi connectivity index (χ1) is 9.52. The van der Waals surface area contributed by atoms with Crippen molar-refractivity contribution < 1.29 is 4.39 Å². The SMILES string of the molecule is CNC(Cc1cccc(F)c1Br)c1ccc(Cl)c(C)c1. The molecular formula is C16H16BrClFN. The summed E-state index contributed by atoms with van der Waals surface area (Å²) in [6.07, 6.45) is 0.704. The van der Waals surface area contributed by atoms with Crippen molar-refractivity contribution in [3.8, 4) is 0 Å². The van der Waals surface area contributed by atoms with Crippen molar-refractivity contribution in [2.45, 2.75) is 19.4 Å². The molecule has 106 valence electrons. The van der Waals surface area contributed by atoms with Crippen LogP contribution in [0, 0.1) is 12.7 Å². The zero-order chi connectivity index (χ0) is 14.7. The molecule has 0 aliphatic heterocycles. The van der Waals surface area contributed by atoms with Crippen LogP contribution in [0.1, 0.15) is 22.7 Å². The Morgan fingerprint density at radius 3 is 2.70 bits per heavy atom. The number of rotatable bonds is 4. The predicted molar refractivity (Wildman–Crippen MR) is 85.8 cm³/mol. The maximum absolute atomic E-state index is 13.6. The van der Waals surface area contributed by atoms with E-state index >= 15 is 0 Å². The van der Waals surface area contributed by atoms with Gasteiger partial charge in [-0.3, -0.25) is 0 Å². The molecule has 0 fully saturated rings. The number of likely N-dealkylation sites (N-methyl/N-ethyl adjacent to an activating group) is 1. The molecule has 2 aromatic rings. The molecular weight excluding hydrogens is 341 g/mol. The predicted octanol–water partition coefficient (Wildman–Crippen LogP) is 5.05. The van der Waals surface area contributed by atoms with E-state index in [-0.39, 0.29) is 11.9 Å². The zero-order valence-electron chi connectivity index (χ0n) is 11.4. The summed E-state index contributed by atoms with van der Waals surface area (Å²) in [5.41, 5.74) is 3.13. The van der Waals surface area contributed by atoms with Crippen LogP contribution in [0.2, 0.25) is 5.02 Å². The highest BCUT2D eigenvalue weighted by molar-refractivity contribution is 9.10. The van der Waals surface area contributed by atoms with Gasteiger partial charge in [0.1, 0.15) is 5.82 Å². The quantitative estimate of drug-likeness (QED) is 0.808. The molecule has 0 heterocycles. The van der Waals surface area contributed by atoms with Crippen LogP contribution < -0.4 is 5.32 Å². The van der Waals surface area contributed by atoms with Gasteiger partial charge in [0.2, 0.25) is 0 Å². The number of benzene rings is 2. The van der Waals surface area contributed by atoms with Gasteiger partial charge in [0, 0.05) is 11.1 Å². The Bertz CT molecular complexity index is 615. The number of hydrogen-bond donors (Lipinski definition) is 1. The van der Waals surface area contributed by atoms with E-state index in [0.29, 0.717) is 10.9 Å². The zero-order valence-corrected chi connectivity index (χ0v) is 13.7. The molecule has 0 spiro atoms. The van der Waals surface area contributed by atoms with E-state index in [0.717, 1.165) is 21.7 Å². The molecule has 1 unspecified atom stereocenters. The first-order valence-electron chi connectivity index (χ1n) is 6.39. The molecule has 0 aliphatic carbocycles. The fraction of sp³-hybridized carbons (Fsp3) is 0.250. The number of nitrogens with one attached hydrogen (secondary N) is 1. The Labute approximate surface area is 132 Å². The van der Waals surface area contributed by atoms with Gasteiger partial charge in [-0.2, -0.15) is 0 Å². The third-order valence-corrected chi connectivity index (χ3v) is 4.70. The van der Waals surface area contributed by atoms with Gasteiger partial charge in [0.25, 0.3) is 0 Å². The second-order valence-corrected chi connectivity index (χ2v) is 5.97. The average Bonchev–Trinajstić information content (AvgIpc) is 2.44. The third kappa shape index (κ3) is 3.40. The highest BCUT2D eigenvalue weighted by atomic mass is 79.9. The van der Waals surface area contributed by atoms with E-state index in [1.165, 1.54) is 6.07 Å². The standard InChI is InChI=1S/C16H16BrClFN/c1-10-8-11(6-7-13(10)18)15(20-2)9-12-4-3-5-14(19)16(12)17/h3-8,15,20H,9H2,1-2H3. The summed E-state index contributed by atoms with van der Waals surface area (Å²) in [6.45, 7) is 1.98. The summed E-state index contributed by atoms with van der Waals surface area (Å²) in [7, 11) is 1.90. The monoisotopic (exact) mass is 355 g/mol. The van der Waals surface area contributed by atoms with E-state index in [9.17, 15) is 4.39 Å². The molecule has 4 heteroatoms. The van der Waals surface area contributed by atoms with Gasteiger partial charge < -0.3 is 5.32 Å². The van der Waals surface area contributed by atoms with Crippen molar-refractivity contribution in [1.82, 2.24) is 5.32 Å². The molecule has 0 bridgehead atoms. The highest BCUT2D eigenvalue weighted by Gasteiger charge is 2.14. The van der Waals surface area contributed by atoms with Crippen LogP contribution in [0.4, 0.5) is 4.39 Å². The molecule has 0 aliphatic rings. The first kappa shape index (κ1) is 15.5. The van der Waals surface area contributed by atoms with Gasteiger partial charge >= 0.3 is 0 Å². The summed E-state index contributed by atoms with van der Waals surface area (Å²) < 4.78 is 14.1. The van der Waals surface area contributed by atoms with Crippen LogP contribution in [0.3, 0.4) is 0 Å². The minimum atomic E-state index is -0.232. The smallest absolute Gasteiger partial charge is 0.137 e. The molecule has 1 N–H and O–H groups in total. The fourth-order valence-corrected chi connectivity index (χ4v) is 2.74. The summed E-state index contributed by atoms with van der Waals surface area (Å²) in [5.74, 6) is -0.232. The maximum atomic E-state index is 13.6. The fourth-order valence-electron chi connectivity index (χ4n) is 2.20. The molecule has 0 aromatic heterocycles. The Hall–Kier alpha value is -0.900. The number of hydrogen-bond acceptors (Lipinski definition) is 1. The van der Waals surface area contributed by atoms with Crippen LogP contribution in [0.5, 0.6) is 0 Å². The lowest BCUT2D eigenvalue weighted by Gasteiger charge is -2.18. The summed E-state index contributed by atoms with van der Waals surface area (Å²) in [4.78, 5) is 0. The minimum absolute atomic E-state index is 0.115. The van der Waals surface area contributed by atoms with Gasteiger partial charge in [-0.05, 0) is 65.1 Å². The molecule has 20 heavy (non-hydrogen) atoms. The average molecular weight is 357 g/mol. The first-order valence-corrected chi connectivity index (χ1v) is 7.56. The van der Waals surface area contributed by atoms with Crippen LogP contribution in [-0.2, 0) is 6.42 Å². The molecule has 1 atom stereocenters. The van der Waals surface area contributed by atoms with E-state index in [1.807, 2.05) is 32.2 Å². The summed E-state index contributed by atoms with van der Waals surface area (Å²) >= 11 is 9.37. The molecule has 2 rings (SSSR count). The van der Waals surface area contributed by atoms with Crippen molar-refractivity contribution >= 4 is 27.5 Å². The van der Waals surface area contributed by atoms with E-state index in [4.69, 9.17) is 11.6 Å². The van der Waals surface area contributed by atoms with Crippen LogP contribution >= 0.6 is 27.5 Å². The van der Waals surface area contributed by atoms with E-state index in [2.05, 4.69) is 27.3 Å². The molecule has 0 saturated heterocycles. The Morgan fingerprint density at radius 1 is 1.30 bits per heavy atom. The number of halogens is 3. The molecule has 1 nitrogen and oxygen atoms in total. The van der Waals surface area contributed by atoms with Gasteiger partial charge in [-0.15, -0.1) is 0 Å². The topological polar surface area (TPSA) is 12.0 Å². The second kappa shape index (κ2) is 6.70. The highest BCUT2D eigenvalue weighted by Crippen LogP contribution is 2.27. The van der Waals surface area contributed by atoms with Crippen molar-refractivity contribution in [2.24, 2.45) is 0 Å². The molecule has 0 saturated carbocycles. The lowest BCUT2D eigenvalue weighted by Crippen LogP contribution is -2.19. The van der Waals surface area contributed by atoms with Crippen LogP contribution in [0.25, 0.3) is 0 Å². The number of aryl methyl sites for hydroxylation is 1. The van der Waals surface area contributed by atoms with Gasteiger partial charge in [0.05, 0.1) is 4.47 Å². The van der Waals surface area contributed by atoms with Gasteiger partial charge in [-0.1, -0.05) is 35.9 Å². The summed E-state index contributed by atoms with van der Waals surface area (Å²) in [6, 6.07) is 11.2. The minimum Gasteiger partial charge on any atom is -0.313 e. The maximum Gasteiger partial charge on any atom is 0.137 e. The molecule has 0 amide bonds. The van der Waals surface area contributed by atoms with Crippen LogP contribution in [-0.4, -0.2) is 7.05 Å². The van der Waals surface area contributed by atoms with E-state index in [1.54, 1.807) is 6.07 Å². The third-order valence-electron chi connectivity index (χ3n) is 3.39. The Kier molecular flexibility index (Phi) is 5.19. The molecule has 0 radical (unpaired) electrons. The van der Waals surface area contributed by atoms with Crippen molar-refractivity contribution in [3.05, 3.63) is 68.4 Å². The largest absolute Gasteiger partial charge is 0.313 e. The Balaban J connectivity index is 2.28. The van der Waals surface area contributed by atoms with Crippen LogP contribution in [0.15, 0.2) is 40.9 Å². The van der Waals surface area contributed by atoms with Crippen molar-refractivity contribution in [2.75, 3.05) is 7.05 Å².